The summed E-state index contributed by atoms with van der Waals surface area (Å²) in [7, 11) is 0. The van der Waals surface area contributed by atoms with Gasteiger partial charge in [0.1, 0.15) is 5.75 Å². The monoisotopic (exact) mass is 419 g/mol. The van der Waals surface area contributed by atoms with Gasteiger partial charge < -0.3 is 21.1 Å². The Morgan fingerprint density at radius 3 is 2.31 bits per heavy atom. The van der Waals surface area contributed by atoms with Crippen LogP contribution >= 0.6 is 12.4 Å². The summed E-state index contributed by atoms with van der Waals surface area (Å²) in [5.41, 5.74) is 8.62. The molecule has 0 aliphatic heterocycles. The van der Waals surface area contributed by atoms with Crippen LogP contribution in [0.15, 0.2) is 48.5 Å². The Balaban J connectivity index is 0.00000420. The van der Waals surface area contributed by atoms with Crippen LogP contribution in [0.5, 0.6) is 5.75 Å². The average molecular weight is 420 g/mol. The summed E-state index contributed by atoms with van der Waals surface area (Å²) in [4.78, 5) is 23.6. The van der Waals surface area contributed by atoms with E-state index >= 15 is 0 Å². The Kier molecular flexibility index (Phi) is 10.8. The van der Waals surface area contributed by atoms with E-state index in [4.69, 9.17) is 10.5 Å². The second-order valence-electron chi connectivity index (χ2n) is 6.96. The molecule has 2 aromatic carbocycles. The van der Waals surface area contributed by atoms with Crippen molar-refractivity contribution in [1.29, 1.82) is 0 Å². The quantitative estimate of drug-likeness (QED) is 0.551. The number of nitrogens with one attached hydrogen (secondary N) is 2. The molecule has 0 aliphatic rings. The van der Waals surface area contributed by atoms with Crippen LogP contribution in [0.25, 0.3) is 0 Å². The van der Waals surface area contributed by atoms with Crippen LogP contribution in [0, 0.1) is 6.92 Å². The first-order valence-electron chi connectivity index (χ1n) is 9.53. The predicted octanol–water partition coefficient (Wildman–Crippen LogP) is 3.22. The van der Waals surface area contributed by atoms with Crippen molar-refractivity contribution in [2.75, 3.05) is 18.5 Å². The van der Waals surface area contributed by atoms with Gasteiger partial charge in [-0.2, -0.15) is 0 Å². The molecule has 2 rings (SSSR count). The third kappa shape index (κ3) is 9.96. The molecule has 0 heterocycles. The number of carbonyl (C=O) groups is 2. The van der Waals surface area contributed by atoms with Gasteiger partial charge in [-0.05, 0) is 56.5 Å². The fraction of sp³-hybridized carbons (Fsp3) is 0.364. The number of ether oxygens (including phenoxy) is 1. The number of benzene rings is 2. The molecule has 0 spiro atoms. The molecule has 0 saturated heterocycles. The van der Waals surface area contributed by atoms with Gasteiger partial charge in [-0.15, -0.1) is 12.4 Å². The predicted molar refractivity (Wildman–Crippen MR) is 119 cm³/mol. The highest BCUT2D eigenvalue weighted by atomic mass is 35.5. The van der Waals surface area contributed by atoms with Crippen molar-refractivity contribution >= 4 is 29.9 Å². The van der Waals surface area contributed by atoms with E-state index in [1.165, 1.54) is 0 Å². The molecule has 7 heteroatoms. The maximum absolute atomic E-state index is 12.0. The van der Waals surface area contributed by atoms with E-state index in [9.17, 15) is 9.59 Å². The number of halogens is 1. The first-order valence-corrected chi connectivity index (χ1v) is 9.53. The highest BCUT2D eigenvalue weighted by Gasteiger charge is 2.05. The van der Waals surface area contributed by atoms with Crippen LogP contribution in [0.1, 0.15) is 30.9 Å². The number of carbonyl (C=O) groups excluding carboxylic acids is 2. The highest BCUT2D eigenvalue weighted by molar-refractivity contribution is 5.91. The lowest BCUT2D eigenvalue weighted by atomic mass is 10.1. The van der Waals surface area contributed by atoms with Crippen LogP contribution in [0.3, 0.4) is 0 Å². The minimum absolute atomic E-state index is 0. The number of rotatable bonds is 10. The van der Waals surface area contributed by atoms with E-state index in [-0.39, 0.29) is 36.9 Å². The molecule has 0 aliphatic carbocycles. The van der Waals surface area contributed by atoms with Gasteiger partial charge in [0.05, 0.1) is 0 Å². The third-order valence-corrected chi connectivity index (χ3v) is 4.19. The molecule has 0 radical (unpaired) electrons. The summed E-state index contributed by atoms with van der Waals surface area (Å²) in [5, 5.41) is 5.68. The molecule has 29 heavy (non-hydrogen) atoms. The molecule has 2 amide bonds. The van der Waals surface area contributed by atoms with E-state index in [1.807, 2.05) is 62.4 Å². The number of hydrogen-bond acceptors (Lipinski definition) is 4. The van der Waals surface area contributed by atoms with Gasteiger partial charge in [-0.3, -0.25) is 9.59 Å². The van der Waals surface area contributed by atoms with Gasteiger partial charge in [-0.1, -0.05) is 29.8 Å². The van der Waals surface area contributed by atoms with Crippen molar-refractivity contribution in [2.45, 2.75) is 39.2 Å². The van der Waals surface area contributed by atoms with Gasteiger partial charge >= 0.3 is 0 Å². The Morgan fingerprint density at radius 1 is 1.03 bits per heavy atom. The minimum Gasteiger partial charge on any atom is -0.484 e. The van der Waals surface area contributed by atoms with Crippen molar-refractivity contribution in [3.8, 4) is 5.75 Å². The number of amides is 2. The number of hydrogen-bond donors (Lipinski definition) is 3. The van der Waals surface area contributed by atoms with Crippen molar-refractivity contribution in [3.63, 3.8) is 0 Å². The SMILES string of the molecule is Cc1ccc(NC(=O)COc2ccc(CCNC(=O)CCC(C)N)cc2)cc1.Cl. The molecule has 4 N–H and O–H groups in total. The maximum Gasteiger partial charge on any atom is 0.262 e. The molecule has 0 saturated carbocycles. The minimum atomic E-state index is -0.206. The second-order valence-corrected chi connectivity index (χ2v) is 6.96. The summed E-state index contributed by atoms with van der Waals surface area (Å²) >= 11 is 0. The molecule has 0 aromatic heterocycles. The zero-order chi connectivity index (χ0) is 20.4. The van der Waals surface area contributed by atoms with Crippen molar-refractivity contribution in [1.82, 2.24) is 5.32 Å². The van der Waals surface area contributed by atoms with Crippen LogP contribution in [0.4, 0.5) is 5.69 Å². The molecule has 1 unspecified atom stereocenters. The standard InChI is InChI=1S/C22H29N3O3.ClH/c1-16-3-8-19(9-4-16)25-22(27)15-28-20-10-6-18(7-11-20)13-14-24-21(26)12-5-17(2)23;/h3-4,6-11,17H,5,12-15,23H2,1-2H3,(H,24,26)(H,25,27);1H. The topological polar surface area (TPSA) is 93.5 Å². The first-order chi connectivity index (χ1) is 13.4. The fourth-order valence-electron chi connectivity index (χ4n) is 2.53. The van der Waals surface area contributed by atoms with Gasteiger partial charge in [-0.25, -0.2) is 0 Å². The highest BCUT2D eigenvalue weighted by Crippen LogP contribution is 2.13. The Bertz CT molecular complexity index is 762. The molecule has 6 nitrogen and oxygen atoms in total. The summed E-state index contributed by atoms with van der Waals surface area (Å²) in [6, 6.07) is 15.2. The van der Waals surface area contributed by atoms with Crippen LogP contribution in [-0.2, 0) is 16.0 Å². The molecule has 1 atom stereocenters. The maximum atomic E-state index is 12.0. The lowest BCUT2D eigenvalue weighted by Crippen LogP contribution is -2.27. The van der Waals surface area contributed by atoms with E-state index in [0.29, 0.717) is 25.1 Å². The lowest BCUT2D eigenvalue weighted by molar-refractivity contribution is -0.121. The summed E-state index contributed by atoms with van der Waals surface area (Å²) < 4.78 is 5.52. The van der Waals surface area contributed by atoms with Crippen LogP contribution in [0.2, 0.25) is 0 Å². The summed E-state index contributed by atoms with van der Waals surface area (Å²) in [5.74, 6) is 0.447. The van der Waals surface area contributed by atoms with E-state index < -0.39 is 0 Å². The average Bonchev–Trinajstić information content (AvgIpc) is 2.67. The zero-order valence-corrected chi connectivity index (χ0v) is 17.8. The Hall–Kier alpha value is -2.57. The zero-order valence-electron chi connectivity index (χ0n) is 16.9. The number of anilines is 1. The molecular formula is C22H30ClN3O3. The number of aryl methyl sites for hydroxylation is 1. The molecule has 2 aromatic rings. The summed E-state index contributed by atoms with van der Waals surface area (Å²) in [6.07, 6.45) is 1.88. The molecule has 158 valence electrons. The van der Waals surface area contributed by atoms with E-state index in [0.717, 1.165) is 23.2 Å². The number of nitrogens with two attached hydrogens (primary N) is 1. The molecular weight excluding hydrogens is 390 g/mol. The normalized spacial score (nSPS) is 11.1. The molecule has 0 bridgehead atoms. The second kappa shape index (κ2) is 12.8. The summed E-state index contributed by atoms with van der Waals surface area (Å²) in [6.45, 7) is 4.41. The van der Waals surface area contributed by atoms with Gasteiger partial charge in [0, 0.05) is 24.7 Å². The fourth-order valence-corrected chi connectivity index (χ4v) is 2.53. The van der Waals surface area contributed by atoms with E-state index in [1.54, 1.807) is 0 Å². The largest absolute Gasteiger partial charge is 0.484 e. The molecule has 0 fully saturated rings. The Labute approximate surface area is 178 Å². The van der Waals surface area contributed by atoms with Crippen molar-refractivity contribution < 1.29 is 14.3 Å². The Morgan fingerprint density at radius 2 is 1.69 bits per heavy atom. The van der Waals surface area contributed by atoms with Crippen LogP contribution < -0.4 is 21.1 Å². The third-order valence-electron chi connectivity index (χ3n) is 4.19. The van der Waals surface area contributed by atoms with Gasteiger partial charge in [0.2, 0.25) is 5.91 Å². The van der Waals surface area contributed by atoms with Crippen molar-refractivity contribution in [3.05, 3.63) is 59.7 Å². The van der Waals surface area contributed by atoms with E-state index in [2.05, 4.69) is 10.6 Å². The van der Waals surface area contributed by atoms with Crippen LogP contribution in [-0.4, -0.2) is 31.0 Å². The van der Waals surface area contributed by atoms with Crippen molar-refractivity contribution in [2.24, 2.45) is 5.73 Å². The smallest absolute Gasteiger partial charge is 0.262 e. The first kappa shape index (κ1) is 24.5. The van der Waals surface area contributed by atoms with Gasteiger partial charge in [0.15, 0.2) is 6.61 Å². The van der Waals surface area contributed by atoms with Gasteiger partial charge in [0.25, 0.3) is 5.91 Å². The lowest BCUT2D eigenvalue weighted by Gasteiger charge is -2.09.